The number of hydrogen-bond donors (Lipinski definition) is 1. The lowest BCUT2D eigenvalue weighted by atomic mass is 10.1. The first-order chi connectivity index (χ1) is 7.47. The minimum absolute atomic E-state index is 0.337. The zero-order valence-corrected chi connectivity index (χ0v) is 11.9. The van der Waals surface area contributed by atoms with Crippen molar-refractivity contribution in [1.29, 1.82) is 0 Å². The smallest absolute Gasteiger partial charge is 0.0596 e. The van der Waals surface area contributed by atoms with Gasteiger partial charge in [0.25, 0.3) is 0 Å². The van der Waals surface area contributed by atoms with Gasteiger partial charge < -0.3 is 15.0 Å². The fourth-order valence-electron chi connectivity index (χ4n) is 1.78. The van der Waals surface area contributed by atoms with E-state index in [4.69, 9.17) is 4.74 Å². The van der Waals surface area contributed by atoms with Gasteiger partial charge in [-0.15, -0.1) is 0 Å². The van der Waals surface area contributed by atoms with Crippen molar-refractivity contribution in [2.45, 2.75) is 59.2 Å². The zero-order valence-electron chi connectivity index (χ0n) is 11.9. The number of rotatable bonds is 9. The van der Waals surface area contributed by atoms with Gasteiger partial charge in [0.1, 0.15) is 0 Å². The van der Waals surface area contributed by atoms with E-state index in [1.807, 2.05) is 0 Å². The molecule has 1 N–H and O–H groups in total. The highest BCUT2D eigenvalue weighted by Crippen LogP contribution is 2.04. The summed E-state index contributed by atoms with van der Waals surface area (Å²) in [5.74, 6) is 0. The van der Waals surface area contributed by atoms with Crippen LogP contribution < -0.4 is 5.32 Å². The molecule has 0 amide bonds. The van der Waals surface area contributed by atoms with E-state index in [1.165, 1.54) is 6.42 Å². The Bertz CT molecular complexity index is 162. The Balaban J connectivity index is 3.67. The average molecular weight is 230 g/mol. The second kappa shape index (κ2) is 8.97. The predicted octanol–water partition coefficient (Wildman–Crippen LogP) is 2.12. The van der Waals surface area contributed by atoms with Crippen LogP contribution in [-0.2, 0) is 4.74 Å². The summed E-state index contributed by atoms with van der Waals surface area (Å²) >= 11 is 0. The minimum atomic E-state index is 0.337. The van der Waals surface area contributed by atoms with Gasteiger partial charge >= 0.3 is 0 Å². The summed E-state index contributed by atoms with van der Waals surface area (Å²) in [6.45, 7) is 13.7. The normalized spacial score (nSPS) is 15.8. The van der Waals surface area contributed by atoms with Crippen LogP contribution in [0.25, 0.3) is 0 Å². The van der Waals surface area contributed by atoms with Crippen LogP contribution in [0.4, 0.5) is 0 Å². The van der Waals surface area contributed by atoms with E-state index in [2.05, 4.69) is 51.9 Å². The van der Waals surface area contributed by atoms with Gasteiger partial charge in [0.05, 0.1) is 12.7 Å². The average Bonchev–Trinajstić information content (AvgIpc) is 2.17. The molecular formula is C13H30N2O. The Labute approximate surface area is 102 Å². The predicted molar refractivity (Wildman–Crippen MR) is 70.9 cm³/mol. The van der Waals surface area contributed by atoms with Gasteiger partial charge in [0, 0.05) is 18.6 Å². The molecule has 3 heteroatoms. The highest BCUT2D eigenvalue weighted by atomic mass is 16.5. The van der Waals surface area contributed by atoms with Crippen LogP contribution in [0.2, 0.25) is 0 Å². The third kappa shape index (κ3) is 8.08. The molecule has 0 aliphatic rings. The van der Waals surface area contributed by atoms with E-state index in [0.29, 0.717) is 18.2 Å². The van der Waals surface area contributed by atoms with E-state index in [-0.39, 0.29) is 0 Å². The number of nitrogens with zero attached hydrogens (tertiary/aromatic N) is 1. The molecule has 0 aromatic rings. The third-order valence-corrected chi connectivity index (χ3v) is 2.89. The lowest BCUT2D eigenvalue weighted by Gasteiger charge is -2.27. The fraction of sp³-hybridized carbons (Fsp3) is 1.00. The Morgan fingerprint density at radius 3 is 2.31 bits per heavy atom. The third-order valence-electron chi connectivity index (χ3n) is 2.89. The number of likely N-dealkylation sites (N-methyl/N-ethyl adjacent to an activating group) is 1. The molecular weight excluding hydrogens is 200 g/mol. The lowest BCUT2D eigenvalue weighted by molar-refractivity contribution is 0.0558. The van der Waals surface area contributed by atoms with Crippen LogP contribution in [-0.4, -0.2) is 49.8 Å². The molecule has 16 heavy (non-hydrogen) atoms. The fourth-order valence-corrected chi connectivity index (χ4v) is 1.78. The first kappa shape index (κ1) is 15.9. The van der Waals surface area contributed by atoms with Gasteiger partial charge in [-0.2, -0.15) is 0 Å². The molecule has 0 bridgehead atoms. The van der Waals surface area contributed by atoms with Crippen LogP contribution >= 0.6 is 0 Å². The summed E-state index contributed by atoms with van der Waals surface area (Å²) in [6, 6.07) is 1.19. The number of ether oxygens (including phenoxy) is 1. The summed E-state index contributed by atoms with van der Waals surface area (Å²) in [4.78, 5) is 2.37. The van der Waals surface area contributed by atoms with Crippen molar-refractivity contribution in [2.75, 3.05) is 26.7 Å². The molecule has 0 fully saturated rings. The van der Waals surface area contributed by atoms with Crippen molar-refractivity contribution >= 4 is 0 Å². The highest BCUT2D eigenvalue weighted by Gasteiger charge is 2.12. The van der Waals surface area contributed by atoms with Crippen LogP contribution in [0.5, 0.6) is 0 Å². The van der Waals surface area contributed by atoms with Gasteiger partial charge in [-0.25, -0.2) is 0 Å². The van der Waals surface area contributed by atoms with Crippen LogP contribution in [0.3, 0.4) is 0 Å². The Kier molecular flexibility index (Phi) is 8.90. The van der Waals surface area contributed by atoms with Gasteiger partial charge in [-0.1, -0.05) is 6.92 Å². The molecule has 2 atom stereocenters. The largest absolute Gasteiger partial charge is 0.377 e. The molecule has 0 saturated heterocycles. The van der Waals surface area contributed by atoms with E-state index >= 15 is 0 Å². The summed E-state index contributed by atoms with van der Waals surface area (Å²) < 4.78 is 5.56. The maximum Gasteiger partial charge on any atom is 0.0596 e. The molecule has 2 unspecified atom stereocenters. The molecule has 0 rings (SSSR count). The van der Waals surface area contributed by atoms with Crippen LogP contribution in [0, 0.1) is 0 Å². The second-order valence-electron chi connectivity index (χ2n) is 4.94. The maximum absolute atomic E-state index is 5.56. The van der Waals surface area contributed by atoms with Gasteiger partial charge in [0.15, 0.2) is 0 Å². The van der Waals surface area contributed by atoms with Gasteiger partial charge in [0.2, 0.25) is 0 Å². The maximum atomic E-state index is 5.56. The van der Waals surface area contributed by atoms with Crippen molar-refractivity contribution < 1.29 is 4.74 Å². The second-order valence-corrected chi connectivity index (χ2v) is 4.94. The summed E-state index contributed by atoms with van der Waals surface area (Å²) in [7, 11) is 2.17. The van der Waals surface area contributed by atoms with Crippen molar-refractivity contribution in [3.8, 4) is 0 Å². The van der Waals surface area contributed by atoms with Gasteiger partial charge in [-0.05, 0) is 47.7 Å². The van der Waals surface area contributed by atoms with Crippen molar-refractivity contribution in [2.24, 2.45) is 0 Å². The van der Waals surface area contributed by atoms with E-state index in [0.717, 1.165) is 19.7 Å². The lowest BCUT2D eigenvalue weighted by Crippen LogP contribution is -2.38. The highest BCUT2D eigenvalue weighted by molar-refractivity contribution is 4.70. The molecule has 0 spiro atoms. The molecule has 3 nitrogen and oxygen atoms in total. The molecule has 0 aromatic heterocycles. The van der Waals surface area contributed by atoms with E-state index < -0.39 is 0 Å². The Hall–Kier alpha value is -0.120. The zero-order chi connectivity index (χ0) is 12.6. The molecule has 0 aromatic carbocycles. The van der Waals surface area contributed by atoms with Crippen molar-refractivity contribution in [3.63, 3.8) is 0 Å². The topological polar surface area (TPSA) is 24.5 Å². The minimum Gasteiger partial charge on any atom is -0.377 e. The first-order valence-electron chi connectivity index (χ1n) is 6.52. The first-order valence-corrected chi connectivity index (χ1v) is 6.52. The molecule has 0 radical (unpaired) electrons. The quantitative estimate of drug-likeness (QED) is 0.656. The summed E-state index contributed by atoms with van der Waals surface area (Å²) in [5.41, 5.74) is 0. The summed E-state index contributed by atoms with van der Waals surface area (Å²) in [6.07, 6.45) is 1.52. The van der Waals surface area contributed by atoms with Crippen LogP contribution in [0.1, 0.15) is 41.0 Å². The molecule has 0 heterocycles. The van der Waals surface area contributed by atoms with Gasteiger partial charge in [-0.3, -0.25) is 0 Å². The monoisotopic (exact) mass is 230 g/mol. The van der Waals surface area contributed by atoms with E-state index in [1.54, 1.807) is 0 Å². The molecule has 0 saturated carbocycles. The van der Waals surface area contributed by atoms with Crippen molar-refractivity contribution in [1.82, 2.24) is 10.2 Å². The Morgan fingerprint density at radius 2 is 1.81 bits per heavy atom. The number of hydrogen-bond acceptors (Lipinski definition) is 3. The molecule has 98 valence electrons. The summed E-state index contributed by atoms with van der Waals surface area (Å²) in [5, 5.41) is 3.45. The van der Waals surface area contributed by atoms with E-state index in [9.17, 15) is 0 Å². The van der Waals surface area contributed by atoms with Crippen LogP contribution in [0.15, 0.2) is 0 Å². The molecule has 0 aliphatic carbocycles. The Morgan fingerprint density at radius 1 is 1.19 bits per heavy atom. The number of nitrogens with one attached hydrogen (secondary N) is 1. The molecule has 0 aliphatic heterocycles. The SMILES string of the molecule is CCNC(C)CC(C)N(C)CCOC(C)C. The standard InChI is InChI=1S/C13H30N2O/c1-7-14-12(4)10-13(5)15(6)8-9-16-11(2)3/h11-14H,7-10H2,1-6H3. The van der Waals surface area contributed by atoms with Crippen molar-refractivity contribution in [3.05, 3.63) is 0 Å².